The number of aliphatic carboxylic acids is 2. The molecule has 0 aromatic carbocycles. The van der Waals surface area contributed by atoms with Gasteiger partial charge in [0.2, 0.25) is 0 Å². The van der Waals surface area contributed by atoms with Crippen LogP contribution in [0, 0.1) is 0 Å². The predicted molar refractivity (Wildman–Crippen MR) is 43.2 cm³/mol. The molecule has 5 N–H and O–H groups in total. The Balaban J connectivity index is 4.73. The van der Waals surface area contributed by atoms with E-state index in [4.69, 9.17) is 20.5 Å². The van der Waals surface area contributed by atoms with E-state index in [1.54, 1.807) is 0 Å². The van der Waals surface area contributed by atoms with Crippen molar-refractivity contribution in [3.8, 4) is 0 Å². The second kappa shape index (κ2) is 4.35. The Labute approximate surface area is 79.1 Å². The van der Waals surface area contributed by atoms with Crippen LogP contribution < -0.4 is 5.73 Å². The Morgan fingerprint density at radius 2 is 1.64 bits per heavy atom. The lowest BCUT2D eigenvalue weighted by atomic mass is 10.2. The first-order chi connectivity index (χ1) is 6.16. The summed E-state index contributed by atoms with van der Waals surface area (Å²) in [7, 11) is -4.84. The van der Waals surface area contributed by atoms with Crippen LogP contribution in [0.3, 0.4) is 0 Å². The largest absolute Gasteiger partial charge is 0.480 e. The number of carbonyl (C=O) groups is 2. The monoisotopic (exact) mass is 227 g/mol. The van der Waals surface area contributed by atoms with Gasteiger partial charge in [0.15, 0.2) is 5.25 Å². The lowest BCUT2D eigenvalue weighted by Gasteiger charge is -2.11. The number of carboxylic acid groups (broad SMARTS) is 2. The molecule has 0 rings (SSSR count). The molecule has 0 spiro atoms. The molecule has 0 aromatic rings. The maximum atomic E-state index is 10.5. The van der Waals surface area contributed by atoms with Crippen molar-refractivity contribution in [3.05, 3.63) is 0 Å². The van der Waals surface area contributed by atoms with Crippen LogP contribution in [-0.4, -0.2) is 46.4 Å². The second-order valence-electron chi connectivity index (χ2n) is 2.52. The van der Waals surface area contributed by atoms with E-state index in [1.807, 2.05) is 0 Å². The Hall–Kier alpha value is -1.19. The summed E-state index contributed by atoms with van der Waals surface area (Å²) in [6.07, 6.45) is -0.885. The van der Waals surface area contributed by atoms with Crippen molar-refractivity contribution in [1.29, 1.82) is 0 Å². The summed E-state index contributed by atoms with van der Waals surface area (Å²) < 4.78 is 29.3. The predicted octanol–water partition coefficient (Wildman–Crippen LogP) is -1.87. The molecule has 8 nitrogen and oxygen atoms in total. The normalized spacial score (nSPS) is 15.9. The molecule has 14 heavy (non-hydrogen) atoms. The summed E-state index contributed by atoms with van der Waals surface area (Å²) in [4.78, 5) is 20.5. The summed E-state index contributed by atoms with van der Waals surface area (Å²) in [5, 5.41) is 14.4. The summed E-state index contributed by atoms with van der Waals surface area (Å²) in [6, 6.07) is -1.65. The number of rotatable bonds is 5. The molecule has 0 aliphatic carbocycles. The Bertz CT molecular complexity index is 334. The molecule has 82 valence electrons. The first kappa shape index (κ1) is 12.8. The molecule has 0 aromatic heterocycles. The lowest BCUT2D eigenvalue weighted by Crippen LogP contribution is -2.40. The maximum Gasteiger partial charge on any atom is 0.324 e. The fourth-order valence-electron chi connectivity index (χ4n) is 0.681. The fraction of sp³-hybridized carbons (Fsp3) is 0.600. The highest BCUT2D eigenvalue weighted by molar-refractivity contribution is 7.87. The van der Waals surface area contributed by atoms with Gasteiger partial charge in [0.05, 0.1) is 0 Å². The molecular formula is C5H9NO7S. The highest BCUT2D eigenvalue weighted by Crippen LogP contribution is 2.07. The highest BCUT2D eigenvalue weighted by Gasteiger charge is 2.34. The van der Waals surface area contributed by atoms with Crippen LogP contribution in [0.1, 0.15) is 6.42 Å². The molecule has 0 saturated heterocycles. The minimum atomic E-state index is -4.84. The standard InChI is InChI=1S/C5H9NO7S/c6-2(4(7)8)1-3(5(9)10)14(11,12)13/h2-3H,1,6H2,(H,7,8)(H,9,10)(H,11,12,13)/t2-,3-/m1/s1. The van der Waals surface area contributed by atoms with Crippen molar-refractivity contribution in [2.45, 2.75) is 17.7 Å². The Kier molecular flexibility index (Phi) is 3.98. The first-order valence-corrected chi connectivity index (χ1v) is 4.84. The van der Waals surface area contributed by atoms with Crippen LogP contribution in [0.25, 0.3) is 0 Å². The van der Waals surface area contributed by atoms with Gasteiger partial charge in [0.25, 0.3) is 10.1 Å². The fourth-order valence-corrected chi connectivity index (χ4v) is 1.39. The third-order valence-corrected chi connectivity index (χ3v) is 2.53. The Morgan fingerprint density at radius 3 is 1.86 bits per heavy atom. The second-order valence-corrected chi connectivity index (χ2v) is 4.12. The van der Waals surface area contributed by atoms with Gasteiger partial charge < -0.3 is 15.9 Å². The first-order valence-electron chi connectivity index (χ1n) is 3.33. The summed E-state index contributed by atoms with van der Waals surface area (Å²) in [6.45, 7) is 0. The number of hydrogen-bond acceptors (Lipinski definition) is 5. The van der Waals surface area contributed by atoms with Crippen LogP contribution in [0.2, 0.25) is 0 Å². The van der Waals surface area contributed by atoms with Crippen molar-refractivity contribution in [2.24, 2.45) is 5.73 Å². The molecule has 0 heterocycles. The van der Waals surface area contributed by atoms with Gasteiger partial charge in [-0.15, -0.1) is 0 Å². The van der Waals surface area contributed by atoms with Crippen molar-refractivity contribution >= 4 is 22.1 Å². The molecule has 0 unspecified atom stereocenters. The van der Waals surface area contributed by atoms with Crippen molar-refractivity contribution in [3.63, 3.8) is 0 Å². The summed E-state index contributed by atoms with van der Waals surface area (Å²) >= 11 is 0. The van der Waals surface area contributed by atoms with Gasteiger partial charge in [-0.05, 0) is 0 Å². The van der Waals surface area contributed by atoms with Gasteiger partial charge in [-0.3, -0.25) is 14.1 Å². The number of carboxylic acids is 2. The minimum absolute atomic E-state index is 0.885. The Morgan fingerprint density at radius 1 is 1.21 bits per heavy atom. The molecule has 0 fully saturated rings. The minimum Gasteiger partial charge on any atom is -0.480 e. The van der Waals surface area contributed by atoms with Crippen LogP contribution in [0.5, 0.6) is 0 Å². The van der Waals surface area contributed by atoms with E-state index in [2.05, 4.69) is 0 Å². The highest BCUT2D eigenvalue weighted by atomic mass is 32.2. The molecule has 2 atom stereocenters. The van der Waals surface area contributed by atoms with E-state index >= 15 is 0 Å². The van der Waals surface area contributed by atoms with E-state index in [9.17, 15) is 18.0 Å². The van der Waals surface area contributed by atoms with Crippen LogP contribution in [-0.2, 0) is 19.7 Å². The van der Waals surface area contributed by atoms with Gasteiger partial charge in [0, 0.05) is 6.42 Å². The van der Waals surface area contributed by atoms with E-state index in [1.165, 1.54) is 0 Å². The van der Waals surface area contributed by atoms with E-state index in [0.717, 1.165) is 0 Å². The van der Waals surface area contributed by atoms with E-state index in [-0.39, 0.29) is 0 Å². The third kappa shape index (κ3) is 3.68. The van der Waals surface area contributed by atoms with E-state index < -0.39 is 39.8 Å². The molecule has 0 saturated carbocycles. The van der Waals surface area contributed by atoms with Gasteiger partial charge >= 0.3 is 11.9 Å². The molecule has 0 radical (unpaired) electrons. The average Bonchev–Trinajstić information content (AvgIpc) is 1.96. The molecular weight excluding hydrogens is 218 g/mol. The SMILES string of the molecule is N[C@H](C[C@H](C(=O)O)S(=O)(=O)O)C(=O)O. The third-order valence-electron chi connectivity index (χ3n) is 1.42. The zero-order valence-corrected chi connectivity index (χ0v) is 7.64. The van der Waals surface area contributed by atoms with Gasteiger partial charge in [-0.1, -0.05) is 0 Å². The van der Waals surface area contributed by atoms with Crippen LogP contribution in [0.4, 0.5) is 0 Å². The van der Waals surface area contributed by atoms with Crippen molar-refractivity contribution < 1.29 is 32.8 Å². The molecule has 0 aliphatic heterocycles. The number of nitrogens with two attached hydrogens (primary N) is 1. The molecule has 0 amide bonds. The molecule has 9 heteroatoms. The molecule has 0 bridgehead atoms. The summed E-state index contributed by atoms with van der Waals surface area (Å²) in [5.74, 6) is -3.39. The zero-order chi connectivity index (χ0) is 11.5. The van der Waals surface area contributed by atoms with Crippen molar-refractivity contribution in [2.75, 3.05) is 0 Å². The lowest BCUT2D eigenvalue weighted by molar-refractivity contribution is -0.139. The maximum absolute atomic E-state index is 10.5. The van der Waals surface area contributed by atoms with Gasteiger partial charge in [0.1, 0.15) is 6.04 Å². The van der Waals surface area contributed by atoms with Crippen molar-refractivity contribution in [1.82, 2.24) is 0 Å². The topological polar surface area (TPSA) is 155 Å². The average molecular weight is 227 g/mol. The smallest absolute Gasteiger partial charge is 0.324 e. The van der Waals surface area contributed by atoms with Crippen LogP contribution in [0.15, 0.2) is 0 Å². The quantitative estimate of drug-likeness (QED) is 0.398. The summed E-state index contributed by atoms with van der Waals surface area (Å²) in [5.41, 5.74) is 4.91. The van der Waals surface area contributed by atoms with Crippen LogP contribution >= 0.6 is 0 Å². The number of hydrogen-bond donors (Lipinski definition) is 4. The zero-order valence-electron chi connectivity index (χ0n) is 6.82. The van der Waals surface area contributed by atoms with Gasteiger partial charge in [-0.2, -0.15) is 8.42 Å². The van der Waals surface area contributed by atoms with E-state index in [0.29, 0.717) is 0 Å². The van der Waals surface area contributed by atoms with Gasteiger partial charge in [-0.25, -0.2) is 0 Å². The molecule has 0 aliphatic rings.